The van der Waals surface area contributed by atoms with Gasteiger partial charge < -0.3 is 4.18 Å². The van der Waals surface area contributed by atoms with Crippen LogP contribution in [0.1, 0.15) is 12.6 Å². The van der Waals surface area contributed by atoms with Crippen LogP contribution in [0.15, 0.2) is 30.7 Å². The Morgan fingerprint density at radius 2 is 2.11 bits per heavy atom. The van der Waals surface area contributed by atoms with Crippen LogP contribution in [-0.4, -0.2) is 21.6 Å². The SMILES string of the molecule is CCOSOc1cccnc1-c1cnc(C)cn1. The highest BCUT2D eigenvalue weighted by Crippen LogP contribution is 2.28. The minimum Gasteiger partial charge on any atom is -0.398 e. The molecule has 0 radical (unpaired) electrons. The van der Waals surface area contributed by atoms with Gasteiger partial charge in [0.2, 0.25) is 12.3 Å². The Kier molecular flexibility index (Phi) is 4.49. The van der Waals surface area contributed by atoms with E-state index < -0.39 is 0 Å². The molecule has 2 heterocycles. The molecular weight excluding hydrogens is 250 g/mol. The normalized spacial score (nSPS) is 10.3. The highest BCUT2D eigenvalue weighted by molar-refractivity contribution is 7.90. The summed E-state index contributed by atoms with van der Waals surface area (Å²) < 4.78 is 10.5. The van der Waals surface area contributed by atoms with Crippen LogP contribution in [0.25, 0.3) is 11.4 Å². The summed E-state index contributed by atoms with van der Waals surface area (Å²) in [5, 5.41) is 0. The van der Waals surface area contributed by atoms with Crippen molar-refractivity contribution < 1.29 is 8.37 Å². The molecule has 2 rings (SSSR count). The molecule has 0 N–H and O–H groups in total. The lowest BCUT2D eigenvalue weighted by atomic mass is 10.2. The van der Waals surface area contributed by atoms with E-state index >= 15 is 0 Å². The smallest absolute Gasteiger partial charge is 0.225 e. The second-order valence-corrected chi connectivity index (χ2v) is 3.99. The lowest BCUT2D eigenvalue weighted by Gasteiger charge is -2.07. The Morgan fingerprint density at radius 1 is 1.22 bits per heavy atom. The molecule has 0 unspecified atom stereocenters. The second kappa shape index (κ2) is 6.32. The summed E-state index contributed by atoms with van der Waals surface area (Å²) in [7, 11) is 0. The summed E-state index contributed by atoms with van der Waals surface area (Å²) in [6.45, 7) is 4.36. The predicted molar refractivity (Wildman–Crippen MR) is 69.8 cm³/mol. The zero-order valence-electron chi connectivity index (χ0n) is 10.2. The highest BCUT2D eigenvalue weighted by Gasteiger charge is 2.10. The average molecular weight is 263 g/mol. The number of hydrogen-bond donors (Lipinski definition) is 0. The van der Waals surface area contributed by atoms with E-state index in [1.165, 1.54) is 0 Å². The Morgan fingerprint density at radius 3 is 2.83 bits per heavy atom. The van der Waals surface area contributed by atoms with Gasteiger partial charge in [-0.1, -0.05) is 0 Å². The fourth-order valence-corrected chi connectivity index (χ4v) is 1.63. The summed E-state index contributed by atoms with van der Waals surface area (Å²) in [5.74, 6) is 0.606. The molecule has 2 aromatic rings. The number of aryl methyl sites for hydroxylation is 1. The van der Waals surface area contributed by atoms with E-state index in [-0.39, 0.29) is 0 Å². The van der Waals surface area contributed by atoms with Gasteiger partial charge in [-0.15, -0.1) is 0 Å². The summed E-state index contributed by atoms with van der Waals surface area (Å²) in [6, 6.07) is 3.61. The molecule has 0 aromatic carbocycles. The summed E-state index contributed by atoms with van der Waals surface area (Å²) >= 11 is 0.930. The van der Waals surface area contributed by atoms with Crippen molar-refractivity contribution in [1.82, 2.24) is 15.0 Å². The largest absolute Gasteiger partial charge is 0.398 e. The standard InChI is InChI=1S/C12H13N3O2S/c1-3-16-18-17-11-5-4-6-13-12(11)10-8-14-9(2)7-15-10/h4-8H,3H2,1-2H3. The molecule has 0 bridgehead atoms. The van der Waals surface area contributed by atoms with Crippen molar-refractivity contribution in [3.05, 3.63) is 36.4 Å². The number of pyridine rings is 1. The lowest BCUT2D eigenvalue weighted by Crippen LogP contribution is -1.94. The molecule has 0 aliphatic heterocycles. The molecule has 5 nitrogen and oxygen atoms in total. The van der Waals surface area contributed by atoms with E-state index in [0.29, 0.717) is 23.7 Å². The minimum absolute atomic E-state index is 0.574. The fourth-order valence-electron chi connectivity index (χ4n) is 1.27. The Balaban J connectivity index is 2.23. The number of hydrogen-bond acceptors (Lipinski definition) is 6. The third-order valence-electron chi connectivity index (χ3n) is 2.08. The minimum atomic E-state index is 0.574. The zero-order chi connectivity index (χ0) is 12.8. The maximum absolute atomic E-state index is 5.43. The van der Waals surface area contributed by atoms with Crippen LogP contribution in [0, 0.1) is 6.92 Å². The summed E-state index contributed by atoms with van der Waals surface area (Å²) in [4.78, 5) is 12.7. The van der Waals surface area contributed by atoms with Crippen molar-refractivity contribution in [2.75, 3.05) is 6.61 Å². The van der Waals surface area contributed by atoms with Crippen molar-refractivity contribution >= 4 is 12.3 Å². The second-order valence-electron chi connectivity index (χ2n) is 3.45. The van der Waals surface area contributed by atoms with E-state index in [1.807, 2.05) is 19.9 Å². The average Bonchev–Trinajstić information content (AvgIpc) is 2.41. The topological polar surface area (TPSA) is 57.1 Å². The van der Waals surface area contributed by atoms with Crippen molar-refractivity contribution in [2.45, 2.75) is 13.8 Å². The quantitative estimate of drug-likeness (QED) is 0.610. The van der Waals surface area contributed by atoms with Gasteiger partial charge in [0.05, 0.1) is 18.5 Å². The van der Waals surface area contributed by atoms with Gasteiger partial charge in [0, 0.05) is 12.4 Å². The molecule has 0 amide bonds. The van der Waals surface area contributed by atoms with Crippen LogP contribution in [0.5, 0.6) is 5.75 Å². The zero-order valence-corrected chi connectivity index (χ0v) is 11.0. The molecule has 2 aromatic heterocycles. The van der Waals surface area contributed by atoms with Crippen molar-refractivity contribution in [1.29, 1.82) is 0 Å². The van der Waals surface area contributed by atoms with Gasteiger partial charge in [-0.25, -0.2) is 0 Å². The first-order valence-electron chi connectivity index (χ1n) is 5.51. The molecule has 0 saturated heterocycles. The van der Waals surface area contributed by atoms with Crippen LogP contribution in [0.4, 0.5) is 0 Å². The monoisotopic (exact) mass is 263 g/mol. The van der Waals surface area contributed by atoms with Crippen molar-refractivity contribution in [3.63, 3.8) is 0 Å². The molecule has 0 spiro atoms. The fraction of sp³-hybridized carbons (Fsp3) is 0.250. The van der Waals surface area contributed by atoms with Gasteiger partial charge in [-0.3, -0.25) is 19.1 Å². The summed E-state index contributed by atoms with van der Waals surface area (Å²) in [6.07, 6.45) is 5.06. The molecule has 94 valence electrons. The first kappa shape index (κ1) is 12.8. The third kappa shape index (κ3) is 3.18. The van der Waals surface area contributed by atoms with Crippen LogP contribution in [-0.2, 0) is 4.18 Å². The van der Waals surface area contributed by atoms with Gasteiger partial charge in [0.15, 0.2) is 5.75 Å². The molecule has 0 fully saturated rings. The van der Waals surface area contributed by atoms with Crippen LogP contribution in [0.3, 0.4) is 0 Å². The molecule has 0 atom stereocenters. The highest BCUT2D eigenvalue weighted by atomic mass is 32.2. The Hall–Kier alpha value is -1.66. The molecule has 18 heavy (non-hydrogen) atoms. The van der Waals surface area contributed by atoms with E-state index in [0.717, 1.165) is 18.0 Å². The van der Waals surface area contributed by atoms with E-state index in [2.05, 4.69) is 15.0 Å². The summed E-state index contributed by atoms with van der Waals surface area (Å²) in [5.41, 5.74) is 2.19. The molecular formula is C12H13N3O2S. The number of nitrogens with zero attached hydrogens (tertiary/aromatic N) is 3. The van der Waals surface area contributed by atoms with Crippen LogP contribution >= 0.6 is 12.3 Å². The molecule has 0 aliphatic carbocycles. The van der Waals surface area contributed by atoms with E-state index in [9.17, 15) is 0 Å². The number of rotatable bonds is 5. The Bertz CT molecular complexity index is 505. The van der Waals surface area contributed by atoms with Crippen molar-refractivity contribution in [2.24, 2.45) is 0 Å². The van der Waals surface area contributed by atoms with Crippen LogP contribution < -0.4 is 4.18 Å². The lowest BCUT2D eigenvalue weighted by molar-refractivity contribution is 0.369. The van der Waals surface area contributed by atoms with Crippen LogP contribution in [0.2, 0.25) is 0 Å². The van der Waals surface area contributed by atoms with Gasteiger partial charge in [-0.2, -0.15) is 0 Å². The van der Waals surface area contributed by atoms with E-state index in [1.54, 1.807) is 24.7 Å². The predicted octanol–water partition coefficient (Wildman–Crippen LogP) is 2.83. The number of aromatic nitrogens is 3. The van der Waals surface area contributed by atoms with Gasteiger partial charge in [0.25, 0.3) is 0 Å². The van der Waals surface area contributed by atoms with E-state index in [4.69, 9.17) is 8.37 Å². The van der Waals surface area contributed by atoms with Crippen molar-refractivity contribution in [3.8, 4) is 17.1 Å². The Labute approximate surface area is 110 Å². The maximum atomic E-state index is 5.43. The first-order valence-corrected chi connectivity index (χ1v) is 6.18. The van der Waals surface area contributed by atoms with Gasteiger partial charge in [0.1, 0.15) is 11.4 Å². The molecule has 0 aliphatic rings. The van der Waals surface area contributed by atoms with Gasteiger partial charge in [-0.05, 0) is 26.0 Å². The van der Waals surface area contributed by atoms with Gasteiger partial charge >= 0.3 is 0 Å². The molecule has 0 saturated carbocycles. The third-order valence-corrected chi connectivity index (χ3v) is 2.66. The maximum Gasteiger partial charge on any atom is 0.225 e. The molecule has 6 heteroatoms. The first-order chi connectivity index (χ1) is 8.81.